The van der Waals surface area contributed by atoms with E-state index in [2.05, 4.69) is 47.9 Å². The number of rotatable bonds is 6. The number of para-hydroxylation sites is 1. The van der Waals surface area contributed by atoms with Gasteiger partial charge in [-0.15, -0.1) is 0 Å². The van der Waals surface area contributed by atoms with E-state index in [-0.39, 0.29) is 17.9 Å². The summed E-state index contributed by atoms with van der Waals surface area (Å²) in [6.45, 7) is 2.11. The Hall–Kier alpha value is -2.80. The zero-order valence-electron chi connectivity index (χ0n) is 20.8. The first-order chi connectivity index (χ1) is 17.0. The molecule has 0 radical (unpaired) electrons. The number of nitrogens with zero attached hydrogens (tertiary/aromatic N) is 3. The minimum Gasteiger partial charge on any atom is -0.362 e. The molecule has 6 nitrogen and oxygen atoms in total. The number of carbonyl (C=O) groups excluding carboxylic acids is 1. The van der Waals surface area contributed by atoms with Gasteiger partial charge in [-0.1, -0.05) is 42.0 Å². The molecule has 2 aromatic carbocycles. The summed E-state index contributed by atoms with van der Waals surface area (Å²) in [6, 6.07) is 17.5. The fraction of sp³-hybridized carbons (Fsp3) is 0.464. The number of thioether (sulfide) groups is 1. The van der Waals surface area contributed by atoms with Gasteiger partial charge >= 0.3 is 0 Å². The molecule has 5 rings (SSSR count). The monoisotopic (exact) mass is 489 g/mol. The Kier molecular flexibility index (Phi) is 7.14. The van der Waals surface area contributed by atoms with Crippen LogP contribution in [0.15, 0.2) is 48.5 Å². The topological polar surface area (TPSA) is 70.2 Å². The van der Waals surface area contributed by atoms with Crippen LogP contribution in [0.2, 0.25) is 0 Å². The molecule has 7 heteroatoms. The summed E-state index contributed by atoms with van der Waals surface area (Å²) < 4.78 is 0. The molecule has 1 aliphatic carbocycles. The van der Waals surface area contributed by atoms with Crippen molar-refractivity contribution in [1.29, 1.82) is 0 Å². The van der Waals surface area contributed by atoms with E-state index in [9.17, 15) is 4.79 Å². The Balaban J connectivity index is 1.13. The third kappa shape index (κ3) is 5.56. The molecule has 1 aromatic heterocycles. The number of nitrogens with one attached hydrogen (secondary N) is 2. The first kappa shape index (κ1) is 23.9. The third-order valence-electron chi connectivity index (χ3n) is 7.23. The van der Waals surface area contributed by atoms with Crippen molar-refractivity contribution in [2.75, 3.05) is 30.1 Å². The van der Waals surface area contributed by atoms with E-state index >= 15 is 0 Å². The smallest absolute Gasteiger partial charge is 0.225 e. The molecule has 184 valence electrons. The number of aromatic nitrogens is 2. The maximum Gasteiger partial charge on any atom is 0.225 e. The molecule has 2 atom stereocenters. The van der Waals surface area contributed by atoms with Gasteiger partial charge in [0.15, 0.2) is 0 Å². The molecule has 2 unspecified atom stereocenters. The first-order valence-electron chi connectivity index (χ1n) is 12.7. The van der Waals surface area contributed by atoms with Crippen molar-refractivity contribution in [2.45, 2.75) is 56.4 Å². The van der Waals surface area contributed by atoms with Crippen LogP contribution < -0.4 is 15.5 Å². The maximum atomic E-state index is 13.0. The van der Waals surface area contributed by atoms with E-state index in [1.165, 1.54) is 11.1 Å². The molecule has 35 heavy (non-hydrogen) atoms. The summed E-state index contributed by atoms with van der Waals surface area (Å²) in [5.74, 6) is 2.87. The van der Waals surface area contributed by atoms with Gasteiger partial charge in [0.1, 0.15) is 5.82 Å². The molecule has 3 aromatic rings. The summed E-state index contributed by atoms with van der Waals surface area (Å²) in [4.78, 5) is 24.5. The van der Waals surface area contributed by atoms with Gasteiger partial charge in [0.2, 0.25) is 11.9 Å². The standard InChI is InChI=1S/C28H35N5OS/c1-18-8-10-19(11-9-18)25-16-20(17-35-25)27(34)29-21-12-14-22(15-13-21)30-28-31-24-7-5-4-6-23(24)26(32-28)33(2)3/h4-11,20-22,25H,12-17H2,1-3H3,(H,29,34)(H,30,31,32)/t20?,21-,22+,25?. The van der Waals surface area contributed by atoms with Gasteiger partial charge in [-0.25, -0.2) is 4.98 Å². The van der Waals surface area contributed by atoms with Crippen LogP contribution in [0.3, 0.4) is 0 Å². The zero-order valence-corrected chi connectivity index (χ0v) is 21.6. The molecular weight excluding hydrogens is 454 g/mol. The van der Waals surface area contributed by atoms with E-state index in [0.717, 1.165) is 54.6 Å². The Morgan fingerprint density at radius 1 is 0.971 bits per heavy atom. The van der Waals surface area contributed by atoms with E-state index in [1.54, 1.807) is 0 Å². The van der Waals surface area contributed by atoms with Gasteiger partial charge in [0, 0.05) is 48.5 Å². The summed E-state index contributed by atoms with van der Waals surface area (Å²) in [6.07, 6.45) is 4.91. The Bertz CT molecular complexity index is 1170. The number of hydrogen-bond acceptors (Lipinski definition) is 6. The number of fused-ring (bicyclic) bond motifs is 1. The number of benzene rings is 2. The quantitative estimate of drug-likeness (QED) is 0.487. The van der Waals surface area contributed by atoms with Crippen LogP contribution in [0, 0.1) is 12.8 Å². The molecule has 1 amide bonds. The number of aryl methyl sites for hydroxylation is 1. The fourth-order valence-corrected chi connectivity index (χ4v) is 6.64. The minimum atomic E-state index is 0.109. The zero-order chi connectivity index (χ0) is 24.4. The third-order valence-corrected chi connectivity index (χ3v) is 8.69. The van der Waals surface area contributed by atoms with Gasteiger partial charge in [-0.05, 0) is 56.7 Å². The van der Waals surface area contributed by atoms with Crippen LogP contribution >= 0.6 is 11.8 Å². The lowest BCUT2D eigenvalue weighted by Gasteiger charge is -2.30. The lowest BCUT2D eigenvalue weighted by atomic mass is 9.90. The first-order valence-corrected chi connectivity index (χ1v) is 13.7. The number of anilines is 2. The average Bonchev–Trinajstić information content (AvgIpc) is 3.36. The van der Waals surface area contributed by atoms with Crippen molar-refractivity contribution in [3.63, 3.8) is 0 Å². The summed E-state index contributed by atoms with van der Waals surface area (Å²) >= 11 is 1.92. The number of amides is 1. The predicted octanol–water partition coefficient (Wildman–Crippen LogP) is 5.34. The lowest BCUT2D eigenvalue weighted by Crippen LogP contribution is -2.42. The van der Waals surface area contributed by atoms with Crippen LogP contribution in [0.1, 0.15) is 48.5 Å². The molecule has 1 aliphatic heterocycles. The van der Waals surface area contributed by atoms with Crippen LogP contribution in [-0.2, 0) is 4.79 Å². The second-order valence-electron chi connectivity index (χ2n) is 10.1. The second kappa shape index (κ2) is 10.4. The van der Waals surface area contributed by atoms with Gasteiger partial charge in [-0.3, -0.25) is 4.79 Å². The SMILES string of the molecule is Cc1ccc(C2CC(C(=O)N[C@H]3CC[C@@H](Nc4nc(N(C)C)c5ccccc5n4)CC3)CS2)cc1. The van der Waals surface area contributed by atoms with E-state index in [0.29, 0.717) is 17.2 Å². The fourth-order valence-electron chi connectivity index (χ4n) is 5.17. The van der Waals surface area contributed by atoms with Crippen molar-refractivity contribution in [2.24, 2.45) is 5.92 Å². The number of hydrogen-bond donors (Lipinski definition) is 2. The molecule has 1 saturated carbocycles. The Labute approximate surface area is 212 Å². The molecule has 0 spiro atoms. The molecule has 2 N–H and O–H groups in total. The highest BCUT2D eigenvalue weighted by Gasteiger charge is 2.33. The Morgan fingerprint density at radius 2 is 1.69 bits per heavy atom. The molecule has 2 heterocycles. The van der Waals surface area contributed by atoms with Crippen LogP contribution in [0.5, 0.6) is 0 Å². The van der Waals surface area contributed by atoms with Crippen molar-refractivity contribution in [3.8, 4) is 0 Å². The Morgan fingerprint density at radius 3 is 2.43 bits per heavy atom. The van der Waals surface area contributed by atoms with Gasteiger partial charge < -0.3 is 15.5 Å². The summed E-state index contributed by atoms with van der Waals surface area (Å²) in [7, 11) is 4.02. The van der Waals surface area contributed by atoms with Gasteiger partial charge in [0.05, 0.1) is 5.52 Å². The van der Waals surface area contributed by atoms with E-state index in [1.807, 2.05) is 49.0 Å². The normalized spacial score (nSPS) is 24.3. The molecule has 2 fully saturated rings. The van der Waals surface area contributed by atoms with Gasteiger partial charge in [0.25, 0.3) is 0 Å². The van der Waals surface area contributed by atoms with Crippen molar-refractivity contribution in [3.05, 3.63) is 59.7 Å². The van der Waals surface area contributed by atoms with Crippen molar-refractivity contribution < 1.29 is 4.79 Å². The highest BCUT2D eigenvalue weighted by molar-refractivity contribution is 7.99. The second-order valence-corrected chi connectivity index (χ2v) is 11.4. The highest BCUT2D eigenvalue weighted by Crippen LogP contribution is 2.43. The van der Waals surface area contributed by atoms with Crippen molar-refractivity contribution >= 4 is 40.3 Å². The molecule has 2 aliphatic rings. The van der Waals surface area contributed by atoms with Gasteiger partial charge in [-0.2, -0.15) is 16.7 Å². The summed E-state index contributed by atoms with van der Waals surface area (Å²) in [5, 5.41) is 8.41. The van der Waals surface area contributed by atoms with E-state index in [4.69, 9.17) is 9.97 Å². The van der Waals surface area contributed by atoms with Crippen LogP contribution in [0.4, 0.5) is 11.8 Å². The molecular formula is C28H35N5OS. The number of carbonyl (C=O) groups is 1. The van der Waals surface area contributed by atoms with Crippen LogP contribution in [-0.4, -0.2) is 47.8 Å². The minimum absolute atomic E-state index is 0.109. The predicted molar refractivity (Wildman–Crippen MR) is 146 cm³/mol. The molecule has 0 bridgehead atoms. The largest absolute Gasteiger partial charge is 0.362 e. The summed E-state index contributed by atoms with van der Waals surface area (Å²) in [5.41, 5.74) is 3.57. The van der Waals surface area contributed by atoms with E-state index < -0.39 is 0 Å². The average molecular weight is 490 g/mol. The highest BCUT2D eigenvalue weighted by atomic mass is 32.2. The maximum absolute atomic E-state index is 13.0. The molecule has 1 saturated heterocycles. The van der Waals surface area contributed by atoms with Crippen molar-refractivity contribution in [1.82, 2.24) is 15.3 Å². The van der Waals surface area contributed by atoms with Crippen LogP contribution in [0.25, 0.3) is 10.9 Å². The lowest BCUT2D eigenvalue weighted by molar-refractivity contribution is -0.125.